The van der Waals surface area contributed by atoms with E-state index in [2.05, 4.69) is 16.9 Å². The van der Waals surface area contributed by atoms with Crippen molar-refractivity contribution in [1.29, 1.82) is 5.26 Å². The molecule has 0 fully saturated rings. The Morgan fingerprint density at radius 2 is 1.56 bits per heavy atom. The lowest BCUT2D eigenvalue weighted by atomic mass is 10.2. The first-order valence-corrected chi connectivity index (χ1v) is 10.6. The van der Waals surface area contributed by atoms with Crippen molar-refractivity contribution >= 4 is 29.5 Å². The summed E-state index contributed by atoms with van der Waals surface area (Å²) in [6.07, 6.45) is 0. The second-order valence-corrected chi connectivity index (χ2v) is 7.56. The van der Waals surface area contributed by atoms with Gasteiger partial charge in [0.05, 0.1) is 17.2 Å². The number of nitrogens with zero attached hydrogens (tertiary/aromatic N) is 1. The molecule has 0 aliphatic heterocycles. The summed E-state index contributed by atoms with van der Waals surface area (Å²) in [6.45, 7) is -0.539. The van der Waals surface area contributed by atoms with E-state index in [0.717, 1.165) is 5.56 Å². The van der Waals surface area contributed by atoms with Crippen LogP contribution in [0.15, 0.2) is 83.8 Å². The van der Waals surface area contributed by atoms with Crippen LogP contribution in [0.25, 0.3) is 0 Å². The van der Waals surface area contributed by atoms with Gasteiger partial charge in [-0.1, -0.05) is 42.5 Å². The Labute approximate surface area is 189 Å². The van der Waals surface area contributed by atoms with Crippen LogP contribution < -0.4 is 10.9 Å². The predicted molar refractivity (Wildman–Crippen MR) is 119 cm³/mol. The van der Waals surface area contributed by atoms with E-state index in [0.29, 0.717) is 27.3 Å². The van der Waals surface area contributed by atoms with Gasteiger partial charge in [-0.15, -0.1) is 11.8 Å². The van der Waals surface area contributed by atoms with Gasteiger partial charge in [-0.3, -0.25) is 20.4 Å². The number of thioether (sulfide) groups is 1. The molecule has 3 aromatic rings. The maximum absolute atomic E-state index is 12.5. The molecule has 0 atom stereocenters. The van der Waals surface area contributed by atoms with Gasteiger partial charge in [0.2, 0.25) is 0 Å². The molecule has 3 rings (SSSR count). The summed E-state index contributed by atoms with van der Waals surface area (Å²) < 4.78 is 5.10. The van der Waals surface area contributed by atoms with Crippen molar-refractivity contribution in [3.8, 4) is 6.07 Å². The number of carbonyl (C=O) groups excluding carboxylic acids is 3. The Balaban J connectivity index is 1.51. The van der Waals surface area contributed by atoms with Crippen LogP contribution in [0.5, 0.6) is 0 Å². The van der Waals surface area contributed by atoms with Gasteiger partial charge in [-0.25, -0.2) is 4.79 Å². The first kappa shape index (κ1) is 22.6. The summed E-state index contributed by atoms with van der Waals surface area (Å²) in [5, 5.41) is 8.88. The van der Waals surface area contributed by atoms with Crippen molar-refractivity contribution in [2.45, 2.75) is 10.6 Å². The SMILES string of the molecule is N#Cc1ccc(CSc2ccccc2C(=O)OCC(=O)NNC(=O)c2ccccc2)cc1. The van der Waals surface area contributed by atoms with Crippen molar-refractivity contribution in [1.82, 2.24) is 10.9 Å². The molecule has 8 heteroatoms. The summed E-state index contributed by atoms with van der Waals surface area (Å²) in [6, 6.07) is 24.6. The summed E-state index contributed by atoms with van der Waals surface area (Å²) in [4.78, 5) is 37.1. The lowest BCUT2D eigenvalue weighted by Crippen LogP contribution is -2.43. The molecule has 2 N–H and O–H groups in total. The van der Waals surface area contributed by atoms with E-state index in [4.69, 9.17) is 10.00 Å². The second-order valence-electron chi connectivity index (χ2n) is 6.54. The average molecular weight is 446 g/mol. The lowest BCUT2D eigenvalue weighted by molar-refractivity contribution is -0.125. The number of nitriles is 1. The molecule has 3 aromatic carbocycles. The molecule has 0 radical (unpaired) electrons. The summed E-state index contributed by atoms with van der Waals surface area (Å²) in [7, 11) is 0. The van der Waals surface area contributed by atoms with E-state index in [-0.39, 0.29) is 0 Å². The molecule has 0 unspecified atom stereocenters. The number of benzene rings is 3. The monoisotopic (exact) mass is 445 g/mol. The molecule has 160 valence electrons. The van der Waals surface area contributed by atoms with Crippen LogP contribution in [0.4, 0.5) is 0 Å². The van der Waals surface area contributed by atoms with Crippen LogP contribution in [0.2, 0.25) is 0 Å². The summed E-state index contributed by atoms with van der Waals surface area (Å²) in [5.74, 6) is -1.18. The molecule has 0 saturated carbocycles. The quantitative estimate of drug-likeness (QED) is 0.328. The van der Waals surface area contributed by atoms with Gasteiger partial charge in [0.25, 0.3) is 11.8 Å². The van der Waals surface area contributed by atoms with Crippen molar-refractivity contribution in [3.05, 3.63) is 101 Å². The fourth-order valence-corrected chi connectivity index (χ4v) is 3.63. The second kappa shape index (κ2) is 11.3. The Morgan fingerprint density at radius 1 is 0.875 bits per heavy atom. The number of rotatable bonds is 7. The molecule has 32 heavy (non-hydrogen) atoms. The average Bonchev–Trinajstić information content (AvgIpc) is 2.85. The molecular formula is C24H19N3O4S. The van der Waals surface area contributed by atoms with Crippen LogP contribution in [0.3, 0.4) is 0 Å². The van der Waals surface area contributed by atoms with Gasteiger partial charge in [0.1, 0.15) is 0 Å². The number of nitrogens with one attached hydrogen (secondary N) is 2. The van der Waals surface area contributed by atoms with Gasteiger partial charge in [0, 0.05) is 16.2 Å². The topological polar surface area (TPSA) is 108 Å². The highest BCUT2D eigenvalue weighted by Crippen LogP contribution is 2.27. The molecule has 7 nitrogen and oxygen atoms in total. The Bertz CT molecular complexity index is 1140. The number of hydrogen-bond donors (Lipinski definition) is 2. The first-order chi connectivity index (χ1) is 15.6. The number of hydrazine groups is 1. The highest BCUT2D eigenvalue weighted by atomic mass is 32.2. The van der Waals surface area contributed by atoms with Crippen LogP contribution in [-0.2, 0) is 15.3 Å². The minimum absolute atomic E-state index is 0.340. The predicted octanol–water partition coefficient (Wildman–Crippen LogP) is 3.47. The summed E-state index contributed by atoms with van der Waals surface area (Å²) >= 11 is 1.45. The largest absolute Gasteiger partial charge is 0.452 e. The number of ether oxygens (including phenoxy) is 1. The van der Waals surface area contributed by atoms with Crippen molar-refractivity contribution in [3.63, 3.8) is 0 Å². The van der Waals surface area contributed by atoms with E-state index >= 15 is 0 Å². The number of esters is 1. The van der Waals surface area contributed by atoms with Gasteiger partial charge in [0.15, 0.2) is 6.61 Å². The van der Waals surface area contributed by atoms with Crippen LogP contribution >= 0.6 is 11.8 Å². The van der Waals surface area contributed by atoms with Crippen molar-refractivity contribution < 1.29 is 19.1 Å². The molecule has 0 aromatic heterocycles. The molecule has 0 bridgehead atoms. The smallest absolute Gasteiger partial charge is 0.339 e. The van der Waals surface area contributed by atoms with Gasteiger partial charge in [-0.05, 0) is 42.0 Å². The zero-order valence-corrected chi connectivity index (χ0v) is 17.7. The van der Waals surface area contributed by atoms with Gasteiger partial charge >= 0.3 is 5.97 Å². The van der Waals surface area contributed by atoms with E-state index in [9.17, 15) is 14.4 Å². The standard InChI is InChI=1S/C24H19N3O4S/c25-14-17-10-12-18(13-11-17)16-32-21-9-5-4-8-20(21)24(30)31-15-22(28)26-27-23(29)19-6-2-1-3-7-19/h1-13H,15-16H2,(H,26,28)(H,27,29). The molecule has 2 amide bonds. The van der Waals surface area contributed by atoms with Crippen LogP contribution in [-0.4, -0.2) is 24.4 Å². The van der Waals surface area contributed by atoms with Crippen molar-refractivity contribution in [2.75, 3.05) is 6.61 Å². The van der Waals surface area contributed by atoms with E-state index < -0.39 is 24.4 Å². The van der Waals surface area contributed by atoms with E-state index in [1.807, 2.05) is 18.2 Å². The molecule has 0 heterocycles. The molecule has 0 aliphatic carbocycles. The van der Waals surface area contributed by atoms with Gasteiger partial charge in [-0.2, -0.15) is 5.26 Å². The fourth-order valence-electron chi connectivity index (χ4n) is 2.63. The van der Waals surface area contributed by atoms with E-state index in [1.54, 1.807) is 60.7 Å². The minimum Gasteiger partial charge on any atom is -0.452 e. The Morgan fingerprint density at radius 3 is 2.28 bits per heavy atom. The van der Waals surface area contributed by atoms with E-state index in [1.165, 1.54) is 11.8 Å². The molecule has 0 spiro atoms. The third kappa shape index (κ3) is 6.45. The molecule has 0 aliphatic rings. The van der Waals surface area contributed by atoms with Crippen molar-refractivity contribution in [2.24, 2.45) is 0 Å². The first-order valence-electron chi connectivity index (χ1n) is 9.59. The highest BCUT2D eigenvalue weighted by Gasteiger charge is 2.15. The molecular weight excluding hydrogens is 426 g/mol. The lowest BCUT2D eigenvalue weighted by Gasteiger charge is -2.10. The third-order valence-electron chi connectivity index (χ3n) is 4.27. The Kier molecular flexibility index (Phi) is 8.01. The number of carbonyl (C=O) groups is 3. The maximum atomic E-state index is 12.5. The molecule has 0 saturated heterocycles. The normalized spacial score (nSPS) is 9.97. The number of amides is 2. The van der Waals surface area contributed by atoms with Crippen LogP contribution in [0, 0.1) is 11.3 Å². The zero-order valence-electron chi connectivity index (χ0n) is 16.9. The zero-order chi connectivity index (χ0) is 22.8. The van der Waals surface area contributed by atoms with Crippen LogP contribution in [0.1, 0.15) is 31.8 Å². The fraction of sp³-hybridized carbons (Fsp3) is 0.0833. The highest BCUT2D eigenvalue weighted by molar-refractivity contribution is 7.98. The summed E-state index contributed by atoms with van der Waals surface area (Å²) in [5.41, 5.74) is 6.80. The third-order valence-corrected chi connectivity index (χ3v) is 5.41. The minimum atomic E-state index is -0.662. The van der Waals surface area contributed by atoms with Gasteiger partial charge < -0.3 is 4.74 Å². The number of hydrogen-bond acceptors (Lipinski definition) is 6. The Hall–Kier alpha value is -4.09. The maximum Gasteiger partial charge on any atom is 0.339 e.